The molecule has 0 aromatic heterocycles. The molecule has 0 saturated carbocycles. The van der Waals surface area contributed by atoms with Crippen molar-refractivity contribution in [2.24, 2.45) is 23.5 Å². The summed E-state index contributed by atoms with van der Waals surface area (Å²) in [5.74, 6) is -0.166. The largest absolute Gasteiger partial charge is 0.457 e. The first kappa shape index (κ1) is 46.8. The Bertz CT molecular complexity index is 1180. The van der Waals surface area contributed by atoms with Gasteiger partial charge in [-0.15, -0.1) is 0 Å². The Morgan fingerprint density at radius 3 is 2.26 bits per heavy atom. The van der Waals surface area contributed by atoms with Crippen LogP contribution in [0.15, 0.2) is 36.0 Å². The Kier molecular flexibility index (Phi) is 20.8. The van der Waals surface area contributed by atoms with Crippen LogP contribution in [0.4, 0.5) is 4.79 Å². The minimum absolute atomic E-state index is 0.00160. The van der Waals surface area contributed by atoms with Crippen LogP contribution in [-0.4, -0.2) is 93.0 Å². The normalized spacial score (nSPS) is 31.3. The van der Waals surface area contributed by atoms with Gasteiger partial charge < -0.3 is 48.4 Å². The Morgan fingerprint density at radius 1 is 1.00 bits per heavy atom. The first-order valence-electron chi connectivity index (χ1n) is 19.7. The van der Waals surface area contributed by atoms with E-state index < -0.39 is 42.6 Å². The molecule has 306 valence electrons. The number of epoxide rings is 1. The van der Waals surface area contributed by atoms with Crippen LogP contribution in [0.5, 0.6) is 0 Å². The van der Waals surface area contributed by atoms with Crippen LogP contribution in [0.25, 0.3) is 0 Å². The second-order valence-corrected chi connectivity index (χ2v) is 14.6. The van der Waals surface area contributed by atoms with Crippen LogP contribution in [0.3, 0.4) is 0 Å². The molecule has 13 atom stereocenters. The second kappa shape index (κ2) is 23.6. The maximum absolute atomic E-state index is 13.5. The number of carbonyl (C=O) groups is 2. The van der Waals surface area contributed by atoms with Crippen molar-refractivity contribution in [1.82, 2.24) is 0 Å². The molecule has 1 amide bonds. The SMILES string of the molecule is CCOC(C)OC1CCC(C)(OC(C)OCC)C(OC(N)=O)/C=C\C(C)C(/C(C)=C/C=C/C(C)CC2OC2C(C)C(CC)OC(C)OCC)OC(=O)C1. The summed E-state index contributed by atoms with van der Waals surface area (Å²) in [5.41, 5.74) is 5.35. The highest BCUT2D eigenvalue weighted by Gasteiger charge is 2.46. The number of cyclic esters (lactones) is 1. The number of hydrogen-bond donors (Lipinski definition) is 1. The minimum atomic E-state index is -1.06. The minimum Gasteiger partial charge on any atom is -0.457 e. The van der Waals surface area contributed by atoms with Gasteiger partial charge in [-0.2, -0.15) is 0 Å². The summed E-state index contributed by atoms with van der Waals surface area (Å²) < 4.78 is 53.6. The molecule has 13 unspecified atom stereocenters. The van der Waals surface area contributed by atoms with Crippen molar-refractivity contribution in [3.05, 3.63) is 36.0 Å². The molecule has 2 heterocycles. The molecule has 2 aliphatic rings. The lowest BCUT2D eigenvalue weighted by Crippen LogP contribution is -2.48. The Balaban J connectivity index is 2.28. The molecule has 53 heavy (non-hydrogen) atoms. The van der Waals surface area contributed by atoms with Gasteiger partial charge >= 0.3 is 12.1 Å². The fourth-order valence-corrected chi connectivity index (χ4v) is 7.06. The molecule has 0 radical (unpaired) electrons. The van der Waals surface area contributed by atoms with Gasteiger partial charge in [0.25, 0.3) is 0 Å². The molecule has 1 fully saturated rings. The molecule has 2 aliphatic heterocycles. The number of carbonyl (C=O) groups excluding carboxylic acids is 2. The predicted molar refractivity (Wildman–Crippen MR) is 204 cm³/mol. The summed E-state index contributed by atoms with van der Waals surface area (Å²) in [6.45, 7) is 25.0. The number of esters is 1. The molecule has 1 saturated heterocycles. The van der Waals surface area contributed by atoms with E-state index in [0.29, 0.717) is 32.7 Å². The zero-order valence-corrected chi connectivity index (χ0v) is 34.5. The van der Waals surface area contributed by atoms with Gasteiger partial charge in [0.15, 0.2) is 25.0 Å². The lowest BCUT2D eigenvalue weighted by Gasteiger charge is -2.39. The van der Waals surface area contributed by atoms with Gasteiger partial charge in [-0.1, -0.05) is 52.0 Å². The number of rotatable bonds is 21. The fraction of sp³-hybridized carbons (Fsp3) is 0.805. The predicted octanol–water partition coefficient (Wildman–Crippen LogP) is 7.77. The van der Waals surface area contributed by atoms with Gasteiger partial charge in [-0.3, -0.25) is 4.79 Å². The third-order valence-corrected chi connectivity index (χ3v) is 9.90. The van der Waals surface area contributed by atoms with Gasteiger partial charge in [-0.05, 0) is 98.6 Å². The van der Waals surface area contributed by atoms with Crippen LogP contribution in [0, 0.1) is 17.8 Å². The van der Waals surface area contributed by atoms with E-state index in [1.807, 2.05) is 66.7 Å². The topological polar surface area (TPSA) is 147 Å². The number of nitrogens with two attached hydrogens (primary N) is 1. The maximum Gasteiger partial charge on any atom is 0.405 e. The summed E-state index contributed by atoms with van der Waals surface area (Å²) in [6.07, 6.45) is 8.36. The van der Waals surface area contributed by atoms with E-state index in [4.69, 9.17) is 48.4 Å². The smallest absolute Gasteiger partial charge is 0.405 e. The number of allylic oxidation sites excluding steroid dienone is 3. The average molecular weight is 754 g/mol. The van der Waals surface area contributed by atoms with E-state index in [9.17, 15) is 9.59 Å². The van der Waals surface area contributed by atoms with Crippen molar-refractivity contribution < 1.29 is 52.2 Å². The van der Waals surface area contributed by atoms with Crippen LogP contribution >= 0.6 is 0 Å². The summed E-state index contributed by atoms with van der Waals surface area (Å²) in [7, 11) is 0. The van der Waals surface area contributed by atoms with Crippen LogP contribution in [-0.2, 0) is 47.4 Å². The van der Waals surface area contributed by atoms with Crippen molar-refractivity contribution in [2.45, 2.75) is 176 Å². The van der Waals surface area contributed by atoms with E-state index >= 15 is 0 Å². The summed E-state index contributed by atoms with van der Waals surface area (Å²) in [6, 6.07) is 0. The number of primary amides is 1. The first-order chi connectivity index (χ1) is 25.1. The number of amides is 1. The Morgan fingerprint density at radius 2 is 1.64 bits per heavy atom. The summed E-state index contributed by atoms with van der Waals surface area (Å²) in [4.78, 5) is 25.7. The van der Waals surface area contributed by atoms with E-state index in [1.54, 1.807) is 19.9 Å². The van der Waals surface area contributed by atoms with Crippen molar-refractivity contribution >= 4 is 12.1 Å². The number of ether oxygens (including phenoxy) is 9. The molecule has 0 aromatic rings. The fourth-order valence-electron chi connectivity index (χ4n) is 7.06. The lowest BCUT2D eigenvalue weighted by atomic mass is 9.88. The van der Waals surface area contributed by atoms with Gasteiger partial charge in [0, 0.05) is 31.7 Å². The highest BCUT2D eigenvalue weighted by Crippen LogP contribution is 2.38. The summed E-state index contributed by atoms with van der Waals surface area (Å²) in [5, 5.41) is 0. The molecule has 0 bridgehead atoms. The lowest BCUT2D eigenvalue weighted by molar-refractivity contribution is -0.224. The van der Waals surface area contributed by atoms with Crippen molar-refractivity contribution in [2.75, 3.05) is 19.8 Å². The van der Waals surface area contributed by atoms with E-state index in [1.165, 1.54) is 0 Å². The molecule has 2 N–H and O–H groups in total. The Labute approximate surface area is 319 Å². The van der Waals surface area contributed by atoms with E-state index in [-0.39, 0.29) is 54.7 Å². The second-order valence-electron chi connectivity index (χ2n) is 14.6. The van der Waals surface area contributed by atoms with Crippen molar-refractivity contribution in [1.29, 1.82) is 0 Å². The molecule has 2 rings (SSSR count). The summed E-state index contributed by atoms with van der Waals surface area (Å²) >= 11 is 0. The third-order valence-electron chi connectivity index (χ3n) is 9.90. The molecule has 12 heteroatoms. The first-order valence-corrected chi connectivity index (χ1v) is 19.7. The van der Waals surface area contributed by atoms with E-state index in [2.05, 4.69) is 26.8 Å². The quantitative estimate of drug-likeness (QED) is 0.0403. The molecule has 12 nitrogen and oxygen atoms in total. The molecule has 0 aliphatic carbocycles. The molecular formula is C41H71NO11. The average Bonchev–Trinajstić information content (AvgIpc) is 3.84. The van der Waals surface area contributed by atoms with Crippen molar-refractivity contribution in [3.63, 3.8) is 0 Å². The standard InChI is InChI=1S/C41H71NO11/c1-13-34(49-31(10)46-15-3)29(8)39-35(50-39)24-26(5)18-17-19-27(6)38-28(7)20-21-36(51-40(42)44)41(12,53-32(11)47-16-4)23-22-33(25-37(43)52-38)48-30(9)45-14-2/h17-21,26,28-36,38-39H,13-16,22-25H2,1-12H3,(H2,42,44)/b18-17+,21-20-,27-19+. The van der Waals surface area contributed by atoms with Crippen LogP contribution in [0.1, 0.15) is 115 Å². The van der Waals surface area contributed by atoms with E-state index in [0.717, 1.165) is 18.4 Å². The zero-order valence-electron chi connectivity index (χ0n) is 34.5. The highest BCUT2D eigenvalue weighted by atomic mass is 16.7. The van der Waals surface area contributed by atoms with Gasteiger partial charge in [0.2, 0.25) is 0 Å². The number of hydrogen-bond acceptors (Lipinski definition) is 11. The monoisotopic (exact) mass is 754 g/mol. The van der Waals surface area contributed by atoms with Gasteiger partial charge in [-0.25, -0.2) is 4.79 Å². The molecule has 0 spiro atoms. The highest BCUT2D eigenvalue weighted by molar-refractivity contribution is 5.70. The van der Waals surface area contributed by atoms with Crippen LogP contribution in [0.2, 0.25) is 0 Å². The zero-order chi connectivity index (χ0) is 39.7. The van der Waals surface area contributed by atoms with Gasteiger partial charge in [0.05, 0.1) is 30.8 Å². The van der Waals surface area contributed by atoms with Crippen molar-refractivity contribution in [3.8, 4) is 0 Å². The van der Waals surface area contributed by atoms with Gasteiger partial charge in [0.1, 0.15) is 11.7 Å². The Hall–Kier alpha value is -2.32. The van der Waals surface area contributed by atoms with Crippen LogP contribution < -0.4 is 5.73 Å². The molecule has 0 aromatic carbocycles. The third kappa shape index (κ3) is 16.5. The molecular weight excluding hydrogens is 682 g/mol. The maximum atomic E-state index is 13.5.